The zero-order chi connectivity index (χ0) is 13.8. The molecule has 3 nitrogen and oxygen atoms in total. The summed E-state index contributed by atoms with van der Waals surface area (Å²) < 4.78 is 5.90. The summed E-state index contributed by atoms with van der Waals surface area (Å²) in [5.41, 5.74) is 0.432. The maximum absolute atomic E-state index is 5.90. The van der Waals surface area contributed by atoms with Crippen LogP contribution in [-0.4, -0.2) is 48.8 Å². The Hall–Kier alpha value is -0.120. The molecule has 1 aliphatic carbocycles. The third-order valence-corrected chi connectivity index (χ3v) is 5.63. The maximum Gasteiger partial charge on any atom is 0.0702 e. The molecule has 20 heavy (non-hydrogen) atoms. The zero-order valence-electron chi connectivity index (χ0n) is 13.2. The normalized spacial score (nSPS) is 34.6. The lowest BCUT2D eigenvalue weighted by molar-refractivity contribution is 0.00705. The Morgan fingerprint density at radius 3 is 2.75 bits per heavy atom. The molecule has 2 heterocycles. The minimum atomic E-state index is 0.432. The Labute approximate surface area is 124 Å². The first kappa shape index (κ1) is 14.8. The molecule has 0 amide bonds. The first-order chi connectivity index (χ1) is 9.81. The minimum absolute atomic E-state index is 0.432. The maximum atomic E-state index is 5.90. The number of hydrogen-bond acceptors (Lipinski definition) is 3. The first-order valence-electron chi connectivity index (χ1n) is 8.92. The predicted molar refractivity (Wildman–Crippen MR) is 83.1 cm³/mol. The van der Waals surface area contributed by atoms with Crippen LogP contribution in [0.5, 0.6) is 0 Å². The van der Waals surface area contributed by atoms with Crippen LogP contribution in [0, 0.1) is 0 Å². The molecule has 2 atom stereocenters. The van der Waals surface area contributed by atoms with Crippen molar-refractivity contribution < 1.29 is 4.74 Å². The van der Waals surface area contributed by atoms with Gasteiger partial charge in [-0.25, -0.2) is 0 Å². The number of rotatable bonds is 4. The molecule has 1 saturated carbocycles. The van der Waals surface area contributed by atoms with Crippen molar-refractivity contribution in [2.24, 2.45) is 0 Å². The molecule has 3 aliphatic rings. The second kappa shape index (κ2) is 6.76. The summed E-state index contributed by atoms with van der Waals surface area (Å²) in [6.07, 6.45) is 12.7. The van der Waals surface area contributed by atoms with E-state index in [1.165, 1.54) is 77.4 Å². The van der Waals surface area contributed by atoms with Gasteiger partial charge in [0.25, 0.3) is 0 Å². The Balaban J connectivity index is 1.63. The highest BCUT2D eigenvalue weighted by atomic mass is 16.5. The van der Waals surface area contributed by atoms with Gasteiger partial charge in [0.2, 0.25) is 0 Å². The van der Waals surface area contributed by atoms with Crippen molar-refractivity contribution in [2.45, 2.75) is 82.4 Å². The summed E-state index contributed by atoms with van der Waals surface area (Å²) in [6, 6.07) is 0.733. The number of nitrogens with zero attached hydrogens (tertiary/aromatic N) is 1. The molecule has 116 valence electrons. The van der Waals surface area contributed by atoms with E-state index in [2.05, 4.69) is 17.1 Å². The van der Waals surface area contributed by atoms with E-state index in [1.54, 1.807) is 0 Å². The summed E-state index contributed by atoms with van der Waals surface area (Å²) in [5.74, 6) is 0. The van der Waals surface area contributed by atoms with E-state index in [4.69, 9.17) is 4.74 Å². The lowest BCUT2D eigenvalue weighted by atomic mass is 9.79. The summed E-state index contributed by atoms with van der Waals surface area (Å²) in [5, 5.41) is 3.94. The molecule has 3 heteroatoms. The van der Waals surface area contributed by atoms with Crippen molar-refractivity contribution in [1.29, 1.82) is 0 Å². The minimum Gasteiger partial charge on any atom is -0.377 e. The van der Waals surface area contributed by atoms with E-state index in [1.807, 2.05) is 0 Å². The van der Waals surface area contributed by atoms with Crippen LogP contribution in [0.25, 0.3) is 0 Å². The topological polar surface area (TPSA) is 24.5 Å². The van der Waals surface area contributed by atoms with Crippen LogP contribution in [0.2, 0.25) is 0 Å². The Kier molecular flexibility index (Phi) is 5.00. The summed E-state index contributed by atoms with van der Waals surface area (Å²) in [6.45, 7) is 6.93. The van der Waals surface area contributed by atoms with E-state index >= 15 is 0 Å². The molecule has 0 bridgehead atoms. The van der Waals surface area contributed by atoms with Gasteiger partial charge in [0.1, 0.15) is 0 Å². The van der Waals surface area contributed by atoms with Crippen LogP contribution < -0.4 is 5.32 Å². The molecule has 1 N–H and O–H groups in total. The van der Waals surface area contributed by atoms with E-state index in [0.717, 1.165) is 12.6 Å². The highest BCUT2D eigenvalue weighted by molar-refractivity contribution is 5.00. The van der Waals surface area contributed by atoms with Crippen LogP contribution in [0.3, 0.4) is 0 Å². The SMILES string of the molecule is CCCC1CNC2(CCCCC2)CN1CC1CCCO1. The molecule has 0 aromatic rings. The Bertz CT molecular complexity index is 295. The van der Waals surface area contributed by atoms with Gasteiger partial charge >= 0.3 is 0 Å². The average molecular weight is 280 g/mol. The number of ether oxygens (including phenoxy) is 1. The molecule has 0 radical (unpaired) electrons. The molecule has 2 unspecified atom stereocenters. The van der Waals surface area contributed by atoms with Gasteiger partial charge in [0.15, 0.2) is 0 Å². The van der Waals surface area contributed by atoms with Crippen molar-refractivity contribution in [2.75, 3.05) is 26.2 Å². The fourth-order valence-electron chi connectivity index (χ4n) is 4.48. The highest BCUT2D eigenvalue weighted by Gasteiger charge is 2.40. The summed E-state index contributed by atoms with van der Waals surface area (Å²) in [7, 11) is 0. The van der Waals surface area contributed by atoms with Crippen LogP contribution in [0.4, 0.5) is 0 Å². The van der Waals surface area contributed by atoms with Gasteiger partial charge in [-0.05, 0) is 32.1 Å². The zero-order valence-corrected chi connectivity index (χ0v) is 13.2. The molecule has 1 spiro atoms. The van der Waals surface area contributed by atoms with Crippen molar-refractivity contribution in [3.63, 3.8) is 0 Å². The predicted octanol–water partition coefficient (Wildman–Crippen LogP) is 2.94. The van der Waals surface area contributed by atoms with Crippen molar-refractivity contribution >= 4 is 0 Å². The van der Waals surface area contributed by atoms with Gasteiger partial charge in [-0.15, -0.1) is 0 Å². The largest absolute Gasteiger partial charge is 0.377 e. The highest BCUT2D eigenvalue weighted by Crippen LogP contribution is 2.33. The molecule has 3 fully saturated rings. The average Bonchev–Trinajstić information content (AvgIpc) is 2.96. The standard InChI is InChI=1S/C17H32N2O/c1-2-7-15-12-18-17(9-4-3-5-10-17)14-19(15)13-16-8-6-11-20-16/h15-16,18H,2-14H2,1H3. The smallest absolute Gasteiger partial charge is 0.0702 e. The van der Waals surface area contributed by atoms with Gasteiger partial charge < -0.3 is 10.1 Å². The summed E-state index contributed by atoms with van der Waals surface area (Å²) in [4.78, 5) is 2.78. The van der Waals surface area contributed by atoms with Crippen LogP contribution in [-0.2, 0) is 4.74 Å². The van der Waals surface area contributed by atoms with Gasteiger partial charge in [-0.1, -0.05) is 32.6 Å². The van der Waals surface area contributed by atoms with Crippen molar-refractivity contribution in [3.8, 4) is 0 Å². The van der Waals surface area contributed by atoms with Crippen molar-refractivity contribution in [1.82, 2.24) is 10.2 Å². The number of nitrogens with one attached hydrogen (secondary N) is 1. The third kappa shape index (κ3) is 3.37. The van der Waals surface area contributed by atoms with E-state index in [-0.39, 0.29) is 0 Å². The monoisotopic (exact) mass is 280 g/mol. The van der Waals surface area contributed by atoms with Gasteiger partial charge in [-0.2, -0.15) is 0 Å². The number of hydrogen-bond donors (Lipinski definition) is 1. The van der Waals surface area contributed by atoms with Crippen LogP contribution >= 0.6 is 0 Å². The fraction of sp³-hybridized carbons (Fsp3) is 1.00. The second-order valence-corrected chi connectivity index (χ2v) is 7.23. The van der Waals surface area contributed by atoms with Gasteiger partial charge in [-0.3, -0.25) is 4.90 Å². The lowest BCUT2D eigenvalue weighted by Crippen LogP contribution is -2.65. The lowest BCUT2D eigenvalue weighted by Gasteiger charge is -2.50. The van der Waals surface area contributed by atoms with E-state index in [0.29, 0.717) is 11.6 Å². The molecule has 0 aromatic heterocycles. The molecule has 3 rings (SSSR count). The quantitative estimate of drug-likeness (QED) is 0.857. The summed E-state index contributed by atoms with van der Waals surface area (Å²) >= 11 is 0. The Morgan fingerprint density at radius 1 is 1.20 bits per heavy atom. The van der Waals surface area contributed by atoms with Gasteiger partial charge in [0, 0.05) is 37.8 Å². The fourth-order valence-corrected chi connectivity index (χ4v) is 4.48. The van der Waals surface area contributed by atoms with E-state index < -0.39 is 0 Å². The van der Waals surface area contributed by atoms with Crippen LogP contribution in [0.15, 0.2) is 0 Å². The molecular formula is C17H32N2O. The van der Waals surface area contributed by atoms with Crippen molar-refractivity contribution in [3.05, 3.63) is 0 Å². The van der Waals surface area contributed by atoms with Crippen LogP contribution in [0.1, 0.15) is 64.7 Å². The van der Waals surface area contributed by atoms with E-state index in [9.17, 15) is 0 Å². The Morgan fingerprint density at radius 2 is 2.05 bits per heavy atom. The van der Waals surface area contributed by atoms with Gasteiger partial charge in [0.05, 0.1) is 6.10 Å². The molecule has 0 aromatic carbocycles. The second-order valence-electron chi connectivity index (χ2n) is 7.23. The molecule has 2 saturated heterocycles. The first-order valence-corrected chi connectivity index (χ1v) is 8.92. The molecular weight excluding hydrogens is 248 g/mol. The number of piperazine rings is 1. The third-order valence-electron chi connectivity index (χ3n) is 5.63. The molecule has 2 aliphatic heterocycles.